The largest absolute Gasteiger partial charge is 0.418 e. The number of aromatic nitrogens is 2. The molecule has 0 aliphatic carbocycles. The van der Waals surface area contributed by atoms with Gasteiger partial charge in [0.25, 0.3) is 5.56 Å². The Morgan fingerprint density at radius 2 is 2.00 bits per heavy atom. The average Bonchev–Trinajstić information content (AvgIpc) is 3.01. The summed E-state index contributed by atoms with van der Waals surface area (Å²) in [5.41, 5.74) is -1.67. The quantitative estimate of drug-likeness (QED) is 0.727. The Bertz CT molecular complexity index is 1070. The van der Waals surface area contributed by atoms with Crippen LogP contribution in [-0.2, 0) is 23.9 Å². The number of thiophene rings is 1. The monoisotopic (exact) mass is 395 g/mol. The van der Waals surface area contributed by atoms with E-state index in [0.29, 0.717) is 16.0 Å². The molecule has 142 valence electrons. The number of carbonyl (C=O) groups is 1. The second-order valence-corrected chi connectivity index (χ2v) is 7.04. The van der Waals surface area contributed by atoms with Gasteiger partial charge in [0.2, 0.25) is 5.91 Å². The van der Waals surface area contributed by atoms with Crippen LogP contribution < -0.4 is 10.9 Å². The Morgan fingerprint density at radius 3 is 2.67 bits per heavy atom. The molecule has 0 fully saturated rings. The molecule has 2 heterocycles. The molecule has 0 saturated heterocycles. The maximum absolute atomic E-state index is 13.0. The van der Waals surface area contributed by atoms with Gasteiger partial charge in [0.15, 0.2) is 0 Å². The van der Waals surface area contributed by atoms with Gasteiger partial charge in [-0.3, -0.25) is 14.2 Å². The summed E-state index contributed by atoms with van der Waals surface area (Å²) < 4.78 is 40.3. The van der Waals surface area contributed by atoms with E-state index in [0.717, 1.165) is 17.4 Å². The lowest BCUT2D eigenvalue weighted by atomic mass is 10.1. The van der Waals surface area contributed by atoms with Gasteiger partial charge in [0, 0.05) is 4.88 Å². The highest BCUT2D eigenvalue weighted by Crippen LogP contribution is 2.34. The summed E-state index contributed by atoms with van der Waals surface area (Å²) in [4.78, 5) is 30.9. The molecule has 0 atom stereocenters. The van der Waals surface area contributed by atoms with Crippen molar-refractivity contribution in [2.45, 2.75) is 33.0 Å². The lowest BCUT2D eigenvalue weighted by Gasteiger charge is -2.14. The first-order valence-electron chi connectivity index (χ1n) is 8.16. The van der Waals surface area contributed by atoms with E-state index in [4.69, 9.17) is 0 Å². The molecule has 0 radical (unpaired) electrons. The number of anilines is 1. The Kier molecular flexibility index (Phi) is 5.05. The highest BCUT2D eigenvalue weighted by Gasteiger charge is 2.33. The Hall–Kier alpha value is -2.68. The number of rotatable bonds is 4. The molecule has 2 aromatic heterocycles. The van der Waals surface area contributed by atoms with E-state index < -0.39 is 24.2 Å². The molecule has 0 aliphatic rings. The molecule has 3 aromatic rings. The molecule has 1 aromatic carbocycles. The van der Waals surface area contributed by atoms with Crippen LogP contribution in [0.25, 0.3) is 10.2 Å². The number of nitrogens with zero attached hydrogens (tertiary/aromatic N) is 2. The number of amides is 1. The second-order valence-electron chi connectivity index (χ2n) is 5.93. The number of alkyl halides is 3. The van der Waals surface area contributed by atoms with Crippen molar-refractivity contribution < 1.29 is 18.0 Å². The van der Waals surface area contributed by atoms with Crippen molar-refractivity contribution in [1.29, 1.82) is 0 Å². The standard InChI is InChI=1S/C18H16F3N3O2S/c1-3-11-8-12-16(27-11)22-10(2)24(17(12)26)9-15(25)23-14-7-5-4-6-13(14)18(19,20)21/h4-8H,3,9H2,1-2H3,(H,23,25). The van der Waals surface area contributed by atoms with Gasteiger partial charge in [-0.2, -0.15) is 13.2 Å². The van der Waals surface area contributed by atoms with Crippen LogP contribution in [0, 0.1) is 6.92 Å². The predicted molar refractivity (Wildman–Crippen MR) is 98.1 cm³/mol. The molecule has 0 bridgehead atoms. The van der Waals surface area contributed by atoms with Crippen LogP contribution in [0.4, 0.5) is 18.9 Å². The molecule has 5 nitrogen and oxygen atoms in total. The van der Waals surface area contributed by atoms with Gasteiger partial charge in [-0.25, -0.2) is 4.98 Å². The van der Waals surface area contributed by atoms with Crippen LogP contribution in [0.5, 0.6) is 0 Å². The summed E-state index contributed by atoms with van der Waals surface area (Å²) in [6, 6.07) is 6.44. The van der Waals surface area contributed by atoms with Crippen molar-refractivity contribution in [3.8, 4) is 0 Å². The van der Waals surface area contributed by atoms with Crippen LogP contribution in [0.2, 0.25) is 0 Å². The fourth-order valence-corrected chi connectivity index (χ4v) is 3.70. The van der Waals surface area contributed by atoms with E-state index >= 15 is 0 Å². The van der Waals surface area contributed by atoms with Crippen molar-refractivity contribution >= 4 is 33.1 Å². The number of hydrogen-bond donors (Lipinski definition) is 1. The Morgan fingerprint density at radius 1 is 1.30 bits per heavy atom. The topological polar surface area (TPSA) is 64.0 Å². The summed E-state index contributed by atoms with van der Waals surface area (Å²) in [7, 11) is 0. The second kappa shape index (κ2) is 7.15. The van der Waals surface area contributed by atoms with E-state index in [2.05, 4.69) is 10.3 Å². The zero-order valence-electron chi connectivity index (χ0n) is 14.6. The third-order valence-electron chi connectivity index (χ3n) is 4.05. The maximum atomic E-state index is 13.0. The first kappa shape index (κ1) is 19.1. The molecule has 1 N–H and O–H groups in total. The number of carbonyl (C=O) groups excluding carboxylic acids is 1. The zero-order chi connectivity index (χ0) is 19.8. The highest BCUT2D eigenvalue weighted by molar-refractivity contribution is 7.18. The lowest BCUT2D eigenvalue weighted by molar-refractivity contribution is -0.137. The number of fused-ring (bicyclic) bond motifs is 1. The summed E-state index contributed by atoms with van der Waals surface area (Å²) in [5, 5.41) is 2.65. The number of aryl methyl sites for hydroxylation is 2. The van der Waals surface area contributed by atoms with E-state index in [9.17, 15) is 22.8 Å². The molecular formula is C18H16F3N3O2S. The first-order valence-corrected chi connectivity index (χ1v) is 8.98. The zero-order valence-corrected chi connectivity index (χ0v) is 15.4. The van der Waals surface area contributed by atoms with Gasteiger partial charge in [-0.1, -0.05) is 19.1 Å². The highest BCUT2D eigenvalue weighted by atomic mass is 32.1. The fourth-order valence-electron chi connectivity index (χ4n) is 2.70. The third-order valence-corrected chi connectivity index (χ3v) is 5.22. The van der Waals surface area contributed by atoms with Gasteiger partial charge in [-0.05, 0) is 31.5 Å². The van der Waals surface area contributed by atoms with Crippen LogP contribution in [0.15, 0.2) is 35.1 Å². The van der Waals surface area contributed by atoms with Crippen LogP contribution in [0.3, 0.4) is 0 Å². The number of nitrogens with one attached hydrogen (secondary N) is 1. The minimum absolute atomic E-state index is 0.330. The molecule has 27 heavy (non-hydrogen) atoms. The summed E-state index contributed by atoms with van der Waals surface area (Å²) in [5.74, 6) is -0.403. The van der Waals surface area contributed by atoms with Gasteiger partial charge in [0.05, 0.1) is 16.6 Å². The fraction of sp³-hybridized carbons (Fsp3) is 0.278. The van der Waals surface area contributed by atoms with Crippen molar-refractivity contribution in [1.82, 2.24) is 9.55 Å². The Balaban J connectivity index is 1.90. The lowest BCUT2D eigenvalue weighted by Crippen LogP contribution is -2.30. The molecule has 1 amide bonds. The minimum atomic E-state index is -4.59. The molecule has 0 saturated carbocycles. The molecule has 0 unspecified atom stereocenters. The van der Waals surface area contributed by atoms with Crippen molar-refractivity contribution in [2.24, 2.45) is 0 Å². The van der Waals surface area contributed by atoms with Crippen molar-refractivity contribution in [3.05, 3.63) is 57.0 Å². The number of halogens is 3. The van der Waals surface area contributed by atoms with E-state index in [-0.39, 0.29) is 11.2 Å². The number of para-hydroxylation sites is 1. The van der Waals surface area contributed by atoms with E-state index in [1.807, 2.05) is 6.92 Å². The van der Waals surface area contributed by atoms with Gasteiger partial charge < -0.3 is 5.32 Å². The van der Waals surface area contributed by atoms with Gasteiger partial charge in [-0.15, -0.1) is 11.3 Å². The van der Waals surface area contributed by atoms with Crippen LogP contribution >= 0.6 is 11.3 Å². The molecule has 0 spiro atoms. The van der Waals surface area contributed by atoms with Gasteiger partial charge >= 0.3 is 6.18 Å². The summed E-state index contributed by atoms with van der Waals surface area (Å²) >= 11 is 1.41. The Labute approximate surface area is 156 Å². The number of hydrogen-bond acceptors (Lipinski definition) is 4. The average molecular weight is 395 g/mol. The number of benzene rings is 1. The van der Waals surface area contributed by atoms with E-state index in [1.165, 1.54) is 34.1 Å². The molecular weight excluding hydrogens is 379 g/mol. The molecule has 9 heteroatoms. The predicted octanol–water partition coefficient (Wildman–Crippen LogP) is 3.99. The summed E-state index contributed by atoms with van der Waals surface area (Å²) in [6.07, 6.45) is -3.83. The maximum Gasteiger partial charge on any atom is 0.418 e. The minimum Gasteiger partial charge on any atom is -0.324 e. The SMILES string of the molecule is CCc1cc2c(=O)n(CC(=O)Nc3ccccc3C(F)(F)F)c(C)nc2s1. The third kappa shape index (κ3) is 3.87. The first-order chi connectivity index (χ1) is 12.7. The summed E-state index contributed by atoms with van der Waals surface area (Å²) in [6.45, 7) is 3.13. The molecule has 3 rings (SSSR count). The van der Waals surface area contributed by atoms with Crippen molar-refractivity contribution in [2.75, 3.05) is 5.32 Å². The van der Waals surface area contributed by atoms with Crippen LogP contribution in [0.1, 0.15) is 23.2 Å². The molecule has 0 aliphatic heterocycles. The van der Waals surface area contributed by atoms with Crippen molar-refractivity contribution in [3.63, 3.8) is 0 Å². The van der Waals surface area contributed by atoms with Crippen LogP contribution in [-0.4, -0.2) is 15.5 Å². The normalized spacial score (nSPS) is 11.7. The smallest absolute Gasteiger partial charge is 0.324 e. The van der Waals surface area contributed by atoms with Gasteiger partial charge in [0.1, 0.15) is 17.2 Å². The van der Waals surface area contributed by atoms with E-state index in [1.54, 1.807) is 13.0 Å².